The number of rotatable bonds is 4. The monoisotopic (exact) mass is 316 g/mol. The summed E-state index contributed by atoms with van der Waals surface area (Å²) in [6.45, 7) is -0.117. The van der Waals surface area contributed by atoms with E-state index in [2.05, 4.69) is 10.3 Å². The van der Waals surface area contributed by atoms with E-state index in [-0.39, 0.29) is 12.5 Å². The lowest BCUT2D eigenvalue weighted by molar-refractivity contribution is 0.102. The lowest BCUT2D eigenvalue weighted by atomic mass is 10.2. The van der Waals surface area contributed by atoms with Crippen molar-refractivity contribution in [2.24, 2.45) is 0 Å². The van der Waals surface area contributed by atoms with Crippen LogP contribution in [0.5, 0.6) is 0 Å². The number of nitrogens with zero attached hydrogens (tertiary/aromatic N) is 1. The number of thiazole rings is 1. The summed E-state index contributed by atoms with van der Waals surface area (Å²) in [5.74, 6) is -0.270. The third-order valence-electron chi connectivity index (χ3n) is 2.94. The van der Waals surface area contributed by atoms with Gasteiger partial charge in [-0.15, -0.1) is 11.3 Å². The molecule has 2 heterocycles. The molecule has 0 atom stereocenters. The molecule has 0 aliphatic carbocycles. The largest absolute Gasteiger partial charge is 0.392 e. The topological polar surface area (TPSA) is 62.2 Å². The van der Waals surface area contributed by atoms with E-state index in [1.807, 2.05) is 29.0 Å². The van der Waals surface area contributed by atoms with Crippen LogP contribution < -0.4 is 5.32 Å². The molecule has 2 N–H and O–H groups in total. The lowest BCUT2D eigenvalue weighted by Crippen LogP contribution is -2.13. The SMILES string of the molecule is O=C(Nc1ccccc1CO)c1csc(-c2ccsc2)n1. The number of benzene rings is 1. The van der Waals surface area contributed by atoms with E-state index in [0.717, 1.165) is 10.6 Å². The highest BCUT2D eigenvalue weighted by Gasteiger charge is 2.13. The van der Waals surface area contributed by atoms with Gasteiger partial charge in [0.1, 0.15) is 10.7 Å². The van der Waals surface area contributed by atoms with Gasteiger partial charge in [-0.25, -0.2) is 4.98 Å². The van der Waals surface area contributed by atoms with Crippen LogP contribution in [-0.2, 0) is 6.61 Å². The van der Waals surface area contributed by atoms with Crippen molar-refractivity contribution in [3.05, 3.63) is 57.7 Å². The van der Waals surface area contributed by atoms with Crippen molar-refractivity contribution in [2.75, 3.05) is 5.32 Å². The fourth-order valence-corrected chi connectivity index (χ4v) is 3.38. The summed E-state index contributed by atoms with van der Waals surface area (Å²) in [4.78, 5) is 16.6. The normalized spacial score (nSPS) is 10.5. The highest BCUT2D eigenvalue weighted by atomic mass is 32.1. The molecule has 0 bridgehead atoms. The molecule has 0 radical (unpaired) electrons. The van der Waals surface area contributed by atoms with Crippen molar-refractivity contribution in [3.8, 4) is 10.6 Å². The second-order valence-electron chi connectivity index (χ2n) is 4.32. The average Bonchev–Trinajstić information content (AvgIpc) is 3.18. The molecule has 106 valence electrons. The highest BCUT2D eigenvalue weighted by Crippen LogP contribution is 2.26. The first-order chi connectivity index (χ1) is 10.3. The number of para-hydroxylation sites is 1. The molecular formula is C15H12N2O2S2. The number of amides is 1. The Bertz CT molecular complexity index is 751. The van der Waals surface area contributed by atoms with Crippen LogP contribution in [0, 0.1) is 0 Å². The lowest BCUT2D eigenvalue weighted by Gasteiger charge is -2.07. The molecule has 0 unspecified atom stereocenters. The predicted molar refractivity (Wildman–Crippen MR) is 85.7 cm³/mol. The van der Waals surface area contributed by atoms with E-state index in [1.54, 1.807) is 28.8 Å². The van der Waals surface area contributed by atoms with Crippen LogP contribution in [0.2, 0.25) is 0 Å². The zero-order valence-corrected chi connectivity index (χ0v) is 12.6. The smallest absolute Gasteiger partial charge is 0.275 e. The minimum Gasteiger partial charge on any atom is -0.392 e. The van der Waals surface area contributed by atoms with Gasteiger partial charge in [-0.2, -0.15) is 11.3 Å². The Morgan fingerprint density at radius 2 is 2.10 bits per heavy atom. The molecular weight excluding hydrogens is 304 g/mol. The van der Waals surface area contributed by atoms with E-state index in [1.165, 1.54) is 11.3 Å². The third-order valence-corrected chi connectivity index (χ3v) is 4.52. The zero-order valence-electron chi connectivity index (χ0n) is 10.9. The van der Waals surface area contributed by atoms with Gasteiger partial charge in [-0.05, 0) is 17.5 Å². The maximum atomic E-state index is 12.2. The summed E-state index contributed by atoms with van der Waals surface area (Å²) in [6.07, 6.45) is 0. The van der Waals surface area contributed by atoms with Crippen LogP contribution in [0.3, 0.4) is 0 Å². The molecule has 6 heteroatoms. The molecule has 0 saturated carbocycles. The van der Waals surface area contributed by atoms with E-state index < -0.39 is 0 Å². The molecule has 3 aromatic rings. The second kappa shape index (κ2) is 6.17. The van der Waals surface area contributed by atoms with Crippen LogP contribution in [-0.4, -0.2) is 16.0 Å². The Morgan fingerprint density at radius 1 is 1.24 bits per heavy atom. The number of anilines is 1. The van der Waals surface area contributed by atoms with Crippen LogP contribution in [0.25, 0.3) is 10.6 Å². The van der Waals surface area contributed by atoms with Crippen molar-refractivity contribution in [3.63, 3.8) is 0 Å². The quantitative estimate of drug-likeness (QED) is 0.773. The molecule has 0 aliphatic heterocycles. The number of aromatic nitrogens is 1. The molecule has 0 saturated heterocycles. The van der Waals surface area contributed by atoms with Crippen molar-refractivity contribution in [1.82, 2.24) is 4.98 Å². The number of carbonyl (C=O) groups excluding carboxylic acids is 1. The average molecular weight is 316 g/mol. The Kier molecular flexibility index (Phi) is 4.10. The maximum absolute atomic E-state index is 12.2. The highest BCUT2D eigenvalue weighted by molar-refractivity contribution is 7.14. The molecule has 0 spiro atoms. The number of thiophene rings is 1. The van der Waals surface area contributed by atoms with Gasteiger partial charge in [0.15, 0.2) is 0 Å². The Balaban J connectivity index is 1.80. The molecule has 1 aromatic carbocycles. The van der Waals surface area contributed by atoms with Crippen LogP contribution in [0.4, 0.5) is 5.69 Å². The number of hydrogen-bond acceptors (Lipinski definition) is 5. The van der Waals surface area contributed by atoms with Gasteiger partial charge in [0.05, 0.1) is 6.61 Å². The molecule has 2 aromatic heterocycles. The molecule has 1 amide bonds. The van der Waals surface area contributed by atoms with Gasteiger partial charge in [0.2, 0.25) is 0 Å². The fourth-order valence-electron chi connectivity index (χ4n) is 1.86. The first kappa shape index (κ1) is 13.9. The number of nitrogens with one attached hydrogen (secondary N) is 1. The summed E-state index contributed by atoms with van der Waals surface area (Å²) in [5, 5.41) is 18.6. The molecule has 0 aliphatic rings. The van der Waals surface area contributed by atoms with Crippen LogP contribution in [0.1, 0.15) is 16.1 Å². The van der Waals surface area contributed by atoms with Gasteiger partial charge < -0.3 is 10.4 Å². The van der Waals surface area contributed by atoms with Crippen molar-refractivity contribution < 1.29 is 9.90 Å². The maximum Gasteiger partial charge on any atom is 0.275 e. The van der Waals surface area contributed by atoms with Crippen molar-refractivity contribution in [2.45, 2.75) is 6.61 Å². The summed E-state index contributed by atoms with van der Waals surface area (Å²) in [6, 6.07) is 9.14. The standard InChI is InChI=1S/C15H12N2O2S2/c18-7-10-3-1-2-4-12(10)16-14(19)13-9-21-15(17-13)11-5-6-20-8-11/h1-6,8-9,18H,7H2,(H,16,19). The summed E-state index contributed by atoms with van der Waals surface area (Å²) >= 11 is 3.04. The number of carbonyl (C=O) groups is 1. The van der Waals surface area contributed by atoms with Gasteiger partial charge in [0, 0.05) is 27.6 Å². The molecule has 3 rings (SSSR count). The Morgan fingerprint density at radius 3 is 2.86 bits per heavy atom. The van der Waals surface area contributed by atoms with E-state index >= 15 is 0 Å². The van der Waals surface area contributed by atoms with Gasteiger partial charge >= 0.3 is 0 Å². The first-order valence-electron chi connectivity index (χ1n) is 6.26. The summed E-state index contributed by atoms with van der Waals surface area (Å²) in [7, 11) is 0. The third kappa shape index (κ3) is 3.02. The predicted octanol–water partition coefficient (Wildman–Crippen LogP) is 3.62. The van der Waals surface area contributed by atoms with Crippen molar-refractivity contribution >= 4 is 34.3 Å². The minimum atomic E-state index is -0.270. The van der Waals surface area contributed by atoms with Gasteiger partial charge in [-0.1, -0.05) is 18.2 Å². The molecule has 21 heavy (non-hydrogen) atoms. The molecule has 4 nitrogen and oxygen atoms in total. The minimum absolute atomic E-state index is 0.117. The number of hydrogen-bond donors (Lipinski definition) is 2. The summed E-state index contributed by atoms with van der Waals surface area (Å²) < 4.78 is 0. The van der Waals surface area contributed by atoms with Crippen LogP contribution in [0.15, 0.2) is 46.5 Å². The number of aliphatic hydroxyl groups excluding tert-OH is 1. The number of aliphatic hydroxyl groups is 1. The van der Waals surface area contributed by atoms with E-state index in [0.29, 0.717) is 16.9 Å². The van der Waals surface area contributed by atoms with E-state index in [9.17, 15) is 9.90 Å². The van der Waals surface area contributed by atoms with E-state index in [4.69, 9.17) is 0 Å². The fraction of sp³-hybridized carbons (Fsp3) is 0.0667. The first-order valence-corrected chi connectivity index (χ1v) is 8.08. The molecule has 0 fully saturated rings. The Hall–Kier alpha value is -2.02. The Labute approximate surface area is 129 Å². The van der Waals surface area contributed by atoms with Gasteiger partial charge in [-0.3, -0.25) is 4.79 Å². The summed E-state index contributed by atoms with van der Waals surface area (Å²) in [5.41, 5.74) is 2.70. The van der Waals surface area contributed by atoms with Crippen molar-refractivity contribution in [1.29, 1.82) is 0 Å². The second-order valence-corrected chi connectivity index (χ2v) is 5.96. The zero-order chi connectivity index (χ0) is 14.7. The van der Waals surface area contributed by atoms with Gasteiger partial charge in [0.25, 0.3) is 5.91 Å². The van der Waals surface area contributed by atoms with Crippen LogP contribution >= 0.6 is 22.7 Å².